The summed E-state index contributed by atoms with van der Waals surface area (Å²) in [5, 5.41) is 0. The molecular formula is C14H23NO2. The molecule has 0 N–H and O–H groups in total. The van der Waals surface area contributed by atoms with Crippen LogP contribution in [-0.4, -0.2) is 38.4 Å². The zero-order chi connectivity index (χ0) is 13.3. The SMILES string of the molecule is CC.COc1cccc(C(=O)CCN(C)C)c1. The number of ether oxygens (including phenoxy) is 1. The molecule has 17 heavy (non-hydrogen) atoms. The lowest BCUT2D eigenvalue weighted by molar-refractivity contribution is 0.0972. The molecule has 1 aromatic rings. The summed E-state index contributed by atoms with van der Waals surface area (Å²) in [4.78, 5) is 13.7. The maximum atomic E-state index is 11.7. The Morgan fingerprint density at radius 1 is 1.29 bits per heavy atom. The van der Waals surface area contributed by atoms with E-state index < -0.39 is 0 Å². The van der Waals surface area contributed by atoms with Crippen molar-refractivity contribution >= 4 is 5.78 Å². The van der Waals surface area contributed by atoms with Crippen LogP contribution >= 0.6 is 0 Å². The highest BCUT2D eigenvalue weighted by molar-refractivity contribution is 5.96. The molecule has 0 fully saturated rings. The highest BCUT2D eigenvalue weighted by Gasteiger charge is 2.06. The quantitative estimate of drug-likeness (QED) is 0.737. The molecule has 0 unspecified atom stereocenters. The molecule has 1 aromatic carbocycles. The summed E-state index contributed by atoms with van der Waals surface area (Å²) in [6, 6.07) is 7.27. The van der Waals surface area contributed by atoms with Gasteiger partial charge in [-0.3, -0.25) is 4.79 Å². The molecule has 0 spiro atoms. The summed E-state index contributed by atoms with van der Waals surface area (Å²) in [7, 11) is 5.52. The smallest absolute Gasteiger partial charge is 0.164 e. The van der Waals surface area contributed by atoms with Crippen molar-refractivity contribution in [1.82, 2.24) is 4.90 Å². The van der Waals surface area contributed by atoms with Crippen LogP contribution in [0.2, 0.25) is 0 Å². The molecule has 0 aliphatic heterocycles. The predicted molar refractivity (Wildman–Crippen MR) is 71.8 cm³/mol. The van der Waals surface area contributed by atoms with E-state index in [0.717, 1.165) is 17.9 Å². The molecule has 3 nitrogen and oxygen atoms in total. The predicted octanol–water partition coefficient (Wildman–Crippen LogP) is 2.86. The number of Topliss-reactive ketones (excluding diaryl/α,β-unsaturated/α-hetero) is 1. The van der Waals surface area contributed by atoms with Crippen LogP contribution in [0.4, 0.5) is 0 Å². The molecule has 0 aliphatic carbocycles. The van der Waals surface area contributed by atoms with E-state index in [1.54, 1.807) is 13.2 Å². The van der Waals surface area contributed by atoms with Gasteiger partial charge in [-0.15, -0.1) is 0 Å². The van der Waals surface area contributed by atoms with E-state index in [1.165, 1.54) is 0 Å². The number of carbonyl (C=O) groups excluding carboxylic acids is 1. The molecule has 96 valence electrons. The van der Waals surface area contributed by atoms with Crippen LogP contribution in [0.25, 0.3) is 0 Å². The van der Waals surface area contributed by atoms with Crippen molar-refractivity contribution in [3.63, 3.8) is 0 Å². The highest BCUT2D eigenvalue weighted by Crippen LogP contribution is 2.13. The van der Waals surface area contributed by atoms with Gasteiger partial charge in [-0.05, 0) is 26.2 Å². The molecule has 0 atom stereocenters. The third-order valence-electron chi connectivity index (χ3n) is 2.18. The molecule has 0 amide bonds. The molecule has 0 heterocycles. The third kappa shape index (κ3) is 6.07. The summed E-state index contributed by atoms with van der Waals surface area (Å²) in [5.41, 5.74) is 0.719. The van der Waals surface area contributed by atoms with Crippen LogP contribution in [0, 0.1) is 0 Å². The first-order chi connectivity index (χ1) is 8.13. The number of nitrogens with zero attached hydrogens (tertiary/aromatic N) is 1. The molecule has 0 bridgehead atoms. The van der Waals surface area contributed by atoms with Gasteiger partial charge in [-0.25, -0.2) is 0 Å². The Morgan fingerprint density at radius 3 is 2.47 bits per heavy atom. The Kier molecular flexibility index (Phi) is 8.07. The molecule has 0 aromatic heterocycles. The first-order valence-electron chi connectivity index (χ1n) is 5.95. The van der Waals surface area contributed by atoms with E-state index in [0.29, 0.717) is 6.42 Å². The Morgan fingerprint density at radius 2 is 1.94 bits per heavy atom. The largest absolute Gasteiger partial charge is 0.497 e. The van der Waals surface area contributed by atoms with Crippen LogP contribution in [0.3, 0.4) is 0 Å². The summed E-state index contributed by atoms with van der Waals surface area (Å²) < 4.78 is 5.07. The Labute approximate surface area is 104 Å². The van der Waals surface area contributed by atoms with Gasteiger partial charge in [-0.2, -0.15) is 0 Å². The summed E-state index contributed by atoms with van der Waals surface area (Å²) >= 11 is 0. The fourth-order valence-corrected chi connectivity index (χ4v) is 1.27. The van der Waals surface area contributed by atoms with Gasteiger partial charge in [0.1, 0.15) is 5.75 Å². The van der Waals surface area contributed by atoms with Gasteiger partial charge < -0.3 is 9.64 Å². The average molecular weight is 237 g/mol. The maximum Gasteiger partial charge on any atom is 0.164 e. The first-order valence-corrected chi connectivity index (χ1v) is 5.95. The molecule has 1 rings (SSSR count). The Hall–Kier alpha value is -1.35. The van der Waals surface area contributed by atoms with Gasteiger partial charge >= 0.3 is 0 Å². The van der Waals surface area contributed by atoms with Gasteiger partial charge in [0, 0.05) is 18.5 Å². The lowest BCUT2D eigenvalue weighted by Gasteiger charge is -2.08. The van der Waals surface area contributed by atoms with Crippen LogP contribution in [0.15, 0.2) is 24.3 Å². The first kappa shape index (κ1) is 15.7. The normalized spacial score (nSPS) is 9.53. The van der Waals surface area contributed by atoms with Crippen molar-refractivity contribution in [3.8, 4) is 5.75 Å². The lowest BCUT2D eigenvalue weighted by atomic mass is 10.1. The standard InChI is InChI=1S/C12H17NO2.C2H6/c1-13(2)8-7-12(14)10-5-4-6-11(9-10)15-3;1-2/h4-6,9H,7-8H2,1-3H3;1-2H3. The zero-order valence-electron chi connectivity index (χ0n) is 11.5. The molecule has 0 radical (unpaired) electrons. The minimum Gasteiger partial charge on any atom is -0.497 e. The highest BCUT2D eigenvalue weighted by atomic mass is 16.5. The van der Waals surface area contributed by atoms with Crippen molar-refractivity contribution in [1.29, 1.82) is 0 Å². The van der Waals surface area contributed by atoms with Crippen molar-refractivity contribution in [2.24, 2.45) is 0 Å². The average Bonchev–Trinajstić information content (AvgIpc) is 2.38. The number of ketones is 1. The third-order valence-corrected chi connectivity index (χ3v) is 2.18. The minimum atomic E-state index is 0.155. The van der Waals surface area contributed by atoms with E-state index in [-0.39, 0.29) is 5.78 Å². The van der Waals surface area contributed by atoms with Crippen LogP contribution in [-0.2, 0) is 0 Å². The topological polar surface area (TPSA) is 29.5 Å². The van der Waals surface area contributed by atoms with Gasteiger partial charge in [-0.1, -0.05) is 26.0 Å². The van der Waals surface area contributed by atoms with E-state index in [2.05, 4.69) is 0 Å². The second-order valence-electron chi connectivity index (χ2n) is 3.71. The van der Waals surface area contributed by atoms with Gasteiger partial charge in [0.2, 0.25) is 0 Å². The van der Waals surface area contributed by atoms with E-state index in [9.17, 15) is 4.79 Å². The second kappa shape index (κ2) is 8.76. The Balaban J connectivity index is 0.00000121. The monoisotopic (exact) mass is 237 g/mol. The summed E-state index contributed by atoms with van der Waals surface area (Å²) in [6.45, 7) is 4.77. The van der Waals surface area contributed by atoms with Gasteiger partial charge in [0.25, 0.3) is 0 Å². The lowest BCUT2D eigenvalue weighted by Crippen LogP contribution is -2.16. The fourth-order valence-electron chi connectivity index (χ4n) is 1.27. The molecule has 0 saturated carbocycles. The maximum absolute atomic E-state index is 11.7. The van der Waals surface area contributed by atoms with E-state index >= 15 is 0 Å². The summed E-state index contributed by atoms with van der Waals surface area (Å²) in [5.74, 6) is 0.883. The number of rotatable bonds is 5. The number of hydrogen-bond acceptors (Lipinski definition) is 3. The van der Waals surface area contributed by atoms with Crippen LogP contribution in [0.1, 0.15) is 30.6 Å². The van der Waals surface area contributed by atoms with Crippen molar-refractivity contribution < 1.29 is 9.53 Å². The molecule has 0 saturated heterocycles. The summed E-state index contributed by atoms with van der Waals surface area (Å²) in [6.07, 6.45) is 0.542. The molecular weight excluding hydrogens is 214 g/mol. The number of carbonyl (C=O) groups is 1. The van der Waals surface area contributed by atoms with Crippen LogP contribution in [0.5, 0.6) is 5.75 Å². The van der Waals surface area contributed by atoms with Crippen molar-refractivity contribution in [2.45, 2.75) is 20.3 Å². The van der Waals surface area contributed by atoms with Crippen molar-refractivity contribution in [3.05, 3.63) is 29.8 Å². The number of methoxy groups -OCH3 is 1. The molecule has 0 aliphatic rings. The number of benzene rings is 1. The fraction of sp³-hybridized carbons (Fsp3) is 0.500. The van der Waals surface area contributed by atoms with Gasteiger partial charge in [0.15, 0.2) is 5.78 Å². The van der Waals surface area contributed by atoms with Crippen LogP contribution < -0.4 is 4.74 Å². The molecule has 3 heteroatoms. The van der Waals surface area contributed by atoms with E-state index in [4.69, 9.17) is 4.74 Å². The second-order valence-corrected chi connectivity index (χ2v) is 3.71. The van der Waals surface area contributed by atoms with E-state index in [1.807, 2.05) is 51.0 Å². The zero-order valence-corrected chi connectivity index (χ0v) is 11.5. The minimum absolute atomic E-state index is 0.155. The Bertz CT molecular complexity index is 335. The number of hydrogen-bond donors (Lipinski definition) is 0. The van der Waals surface area contributed by atoms with Crippen molar-refractivity contribution in [2.75, 3.05) is 27.7 Å². The van der Waals surface area contributed by atoms with Gasteiger partial charge in [0.05, 0.1) is 7.11 Å².